The summed E-state index contributed by atoms with van der Waals surface area (Å²) in [5.74, 6) is -0.881. The maximum atomic E-state index is 11.0. The zero-order chi connectivity index (χ0) is 12.5. The highest BCUT2D eigenvalue weighted by Crippen LogP contribution is 2.17. The van der Waals surface area contributed by atoms with E-state index in [-0.39, 0.29) is 11.5 Å². The Morgan fingerprint density at radius 1 is 1.28 bits per heavy atom. The zero-order valence-corrected chi connectivity index (χ0v) is 9.06. The molecule has 18 heavy (non-hydrogen) atoms. The quantitative estimate of drug-likeness (QED) is 0.716. The van der Waals surface area contributed by atoms with E-state index < -0.39 is 5.97 Å². The monoisotopic (exact) mass is 241 g/mol. The fourth-order valence-corrected chi connectivity index (χ4v) is 1.62. The van der Waals surface area contributed by atoms with Gasteiger partial charge in [-0.25, -0.2) is 9.78 Å². The molecule has 0 atom stereocenters. The second-order valence-corrected chi connectivity index (χ2v) is 3.52. The Bertz CT molecular complexity index is 723. The van der Waals surface area contributed by atoms with Crippen molar-refractivity contribution in [1.82, 2.24) is 24.6 Å². The Kier molecular flexibility index (Phi) is 2.23. The predicted octanol–water partition coefficient (Wildman–Crippen LogP) is 0.884. The van der Waals surface area contributed by atoms with Crippen LogP contribution in [0.1, 0.15) is 10.5 Å². The Balaban J connectivity index is 2.33. The van der Waals surface area contributed by atoms with Crippen molar-refractivity contribution < 1.29 is 9.90 Å². The molecule has 0 bridgehead atoms. The van der Waals surface area contributed by atoms with E-state index >= 15 is 0 Å². The molecular weight excluding hydrogens is 234 g/mol. The highest BCUT2D eigenvalue weighted by atomic mass is 16.4. The van der Waals surface area contributed by atoms with E-state index in [2.05, 4.69) is 20.1 Å². The van der Waals surface area contributed by atoms with Crippen LogP contribution in [0.2, 0.25) is 0 Å². The normalized spacial score (nSPS) is 10.7. The van der Waals surface area contributed by atoms with Crippen molar-refractivity contribution in [3.63, 3.8) is 0 Å². The average Bonchev–Trinajstić information content (AvgIpc) is 2.86. The van der Waals surface area contributed by atoms with Gasteiger partial charge in [-0.3, -0.25) is 4.98 Å². The lowest BCUT2D eigenvalue weighted by atomic mass is 10.2. The molecule has 0 aliphatic carbocycles. The number of aromatic carboxylic acids is 1. The number of carboxylic acids is 1. The fourth-order valence-electron chi connectivity index (χ4n) is 1.62. The maximum absolute atomic E-state index is 11.0. The number of carbonyl (C=O) groups is 1. The second kappa shape index (κ2) is 3.88. The van der Waals surface area contributed by atoms with Gasteiger partial charge in [0.2, 0.25) is 0 Å². The van der Waals surface area contributed by atoms with Crippen LogP contribution in [-0.2, 0) is 0 Å². The molecule has 0 saturated carbocycles. The van der Waals surface area contributed by atoms with E-state index in [9.17, 15) is 4.79 Å². The number of aromatic nitrogens is 5. The van der Waals surface area contributed by atoms with Gasteiger partial charge in [-0.2, -0.15) is 14.6 Å². The summed E-state index contributed by atoms with van der Waals surface area (Å²) in [6.45, 7) is 0. The van der Waals surface area contributed by atoms with Gasteiger partial charge in [-0.05, 0) is 18.2 Å². The number of fused-ring (bicyclic) bond motifs is 1. The molecule has 0 aliphatic rings. The van der Waals surface area contributed by atoms with Crippen LogP contribution < -0.4 is 0 Å². The van der Waals surface area contributed by atoms with Crippen LogP contribution in [-0.4, -0.2) is 35.6 Å². The standard InChI is InChI=1S/C11H7N5O2/c17-10(18)8-5-9(7-3-1-2-4-12-7)16-11(15-8)13-6-14-16/h1-6H,(H,17,18). The van der Waals surface area contributed by atoms with Gasteiger partial charge in [0, 0.05) is 6.20 Å². The van der Waals surface area contributed by atoms with Crippen LogP contribution in [0.3, 0.4) is 0 Å². The molecule has 0 saturated heterocycles. The third-order valence-electron chi connectivity index (χ3n) is 2.40. The van der Waals surface area contributed by atoms with Crippen molar-refractivity contribution in [2.24, 2.45) is 0 Å². The molecule has 0 aliphatic heterocycles. The van der Waals surface area contributed by atoms with E-state index in [1.165, 1.54) is 16.9 Å². The number of hydrogen-bond acceptors (Lipinski definition) is 5. The van der Waals surface area contributed by atoms with E-state index in [1.54, 1.807) is 18.3 Å². The van der Waals surface area contributed by atoms with Gasteiger partial charge >= 0.3 is 5.97 Å². The van der Waals surface area contributed by atoms with E-state index in [0.29, 0.717) is 11.4 Å². The molecule has 1 N–H and O–H groups in total. The van der Waals surface area contributed by atoms with Crippen molar-refractivity contribution in [2.45, 2.75) is 0 Å². The first-order valence-electron chi connectivity index (χ1n) is 5.11. The molecular formula is C11H7N5O2. The molecule has 3 aromatic rings. The highest BCUT2D eigenvalue weighted by molar-refractivity contribution is 5.87. The summed E-state index contributed by atoms with van der Waals surface area (Å²) >= 11 is 0. The van der Waals surface area contributed by atoms with Crippen molar-refractivity contribution in [3.8, 4) is 11.4 Å². The summed E-state index contributed by atoms with van der Waals surface area (Å²) in [6.07, 6.45) is 2.94. The van der Waals surface area contributed by atoms with Crippen LogP contribution in [0.15, 0.2) is 36.8 Å². The van der Waals surface area contributed by atoms with Crippen LogP contribution in [0.5, 0.6) is 0 Å². The summed E-state index contributed by atoms with van der Waals surface area (Å²) in [4.78, 5) is 23.0. The molecule has 3 heterocycles. The topological polar surface area (TPSA) is 93.3 Å². The number of pyridine rings is 1. The third kappa shape index (κ3) is 1.58. The van der Waals surface area contributed by atoms with E-state index in [1.807, 2.05) is 6.07 Å². The Morgan fingerprint density at radius 3 is 2.89 bits per heavy atom. The third-order valence-corrected chi connectivity index (χ3v) is 2.40. The molecule has 0 amide bonds. The van der Waals surface area contributed by atoms with Crippen LogP contribution in [0.4, 0.5) is 0 Å². The van der Waals surface area contributed by atoms with Gasteiger partial charge in [0.05, 0.1) is 11.4 Å². The smallest absolute Gasteiger partial charge is 0.354 e. The van der Waals surface area contributed by atoms with Crippen molar-refractivity contribution in [1.29, 1.82) is 0 Å². The Hall–Kier alpha value is -2.83. The SMILES string of the molecule is O=C(O)c1cc(-c2ccccn2)n2ncnc2n1. The van der Waals surface area contributed by atoms with Gasteiger partial charge in [0.25, 0.3) is 5.78 Å². The molecule has 7 nitrogen and oxygen atoms in total. The molecule has 0 radical (unpaired) electrons. The predicted molar refractivity (Wildman–Crippen MR) is 61.0 cm³/mol. The molecule has 7 heteroatoms. The summed E-state index contributed by atoms with van der Waals surface area (Å²) in [5, 5.41) is 13.0. The summed E-state index contributed by atoms with van der Waals surface area (Å²) in [6, 6.07) is 6.78. The molecule has 3 aromatic heterocycles. The zero-order valence-electron chi connectivity index (χ0n) is 9.06. The van der Waals surface area contributed by atoms with Crippen LogP contribution in [0, 0.1) is 0 Å². The summed E-state index contributed by atoms with van der Waals surface area (Å²) in [5.41, 5.74) is 1.06. The van der Waals surface area contributed by atoms with E-state index in [4.69, 9.17) is 5.11 Å². The van der Waals surface area contributed by atoms with Gasteiger partial charge in [0.1, 0.15) is 6.33 Å². The lowest BCUT2D eigenvalue weighted by Crippen LogP contribution is -2.06. The molecule has 88 valence electrons. The van der Waals surface area contributed by atoms with Crippen LogP contribution in [0.25, 0.3) is 17.2 Å². The lowest BCUT2D eigenvalue weighted by molar-refractivity contribution is 0.0690. The lowest BCUT2D eigenvalue weighted by Gasteiger charge is -2.04. The number of nitrogens with zero attached hydrogens (tertiary/aromatic N) is 5. The minimum Gasteiger partial charge on any atom is -0.477 e. The second-order valence-electron chi connectivity index (χ2n) is 3.52. The van der Waals surface area contributed by atoms with Gasteiger partial charge < -0.3 is 5.11 Å². The molecule has 0 unspecified atom stereocenters. The van der Waals surface area contributed by atoms with Crippen molar-refractivity contribution in [2.75, 3.05) is 0 Å². The average molecular weight is 241 g/mol. The Morgan fingerprint density at radius 2 is 2.17 bits per heavy atom. The summed E-state index contributed by atoms with van der Waals surface area (Å²) in [7, 11) is 0. The van der Waals surface area contributed by atoms with Crippen molar-refractivity contribution in [3.05, 3.63) is 42.5 Å². The number of rotatable bonds is 2. The maximum Gasteiger partial charge on any atom is 0.354 e. The first-order valence-corrected chi connectivity index (χ1v) is 5.11. The molecule has 0 spiro atoms. The largest absolute Gasteiger partial charge is 0.477 e. The molecule has 0 fully saturated rings. The first kappa shape index (κ1) is 10.3. The highest BCUT2D eigenvalue weighted by Gasteiger charge is 2.13. The summed E-state index contributed by atoms with van der Waals surface area (Å²) < 4.78 is 1.45. The molecule has 0 aromatic carbocycles. The van der Waals surface area contributed by atoms with Crippen LogP contribution >= 0.6 is 0 Å². The van der Waals surface area contributed by atoms with Gasteiger partial charge in [-0.15, -0.1) is 0 Å². The molecule has 3 rings (SSSR count). The van der Waals surface area contributed by atoms with Gasteiger partial charge in [0.15, 0.2) is 5.69 Å². The first-order chi connectivity index (χ1) is 8.75. The minimum absolute atomic E-state index is 0.0869. The van der Waals surface area contributed by atoms with E-state index in [0.717, 1.165) is 0 Å². The minimum atomic E-state index is -1.11. The Labute approximate surface area is 101 Å². The fraction of sp³-hybridized carbons (Fsp3) is 0. The number of hydrogen-bond donors (Lipinski definition) is 1. The van der Waals surface area contributed by atoms with Crippen molar-refractivity contribution >= 4 is 11.7 Å². The van der Waals surface area contributed by atoms with Gasteiger partial charge in [-0.1, -0.05) is 6.07 Å². The number of carboxylic acid groups (broad SMARTS) is 1.